The summed E-state index contributed by atoms with van der Waals surface area (Å²) in [5.41, 5.74) is 5.72. The highest BCUT2D eigenvalue weighted by atomic mass is 32.2. The van der Waals surface area contributed by atoms with Gasteiger partial charge in [-0.15, -0.1) is 0 Å². The van der Waals surface area contributed by atoms with Crippen molar-refractivity contribution in [2.75, 3.05) is 26.0 Å². The number of hydrogen-bond acceptors (Lipinski definition) is 5. The first kappa shape index (κ1) is 15.3. The molecule has 1 atom stereocenters. The van der Waals surface area contributed by atoms with Crippen LogP contribution in [0.4, 0.5) is 5.82 Å². The summed E-state index contributed by atoms with van der Waals surface area (Å²) in [6, 6.07) is -0.0465. The minimum absolute atomic E-state index is 0.0397. The summed E-state index contributed by atoms with van der Waals surface area (Å²) in [6.45, 7) is 2.62. The largest absolute Gasteiger partial charge is 0.383 e. The third kappa shape index (κ3) is 2.97. The Hall–Kier alpha value is -1.12. The molecule has 114 valence electrons. The number of nitrogen functional groups attached to an aromatic ring is 1. The molecule has 1 aromatic rings. The molecule has 1 heterocycles. The maximum absolute atomic E-state index is 12.8. The van der Waals surface area contributed by atoms with E-state index in [4.69, 9.17) is 10.5 Å². The average molecular weight is 302 g/mol. The van der Waals surface area contributed by atoms with Crippen LogP contribution in [0.3, 0.4) is 0 Å². The smallest absolute Gasteiger partial charge is 0.248 e. The van der Waals surface area contributed by atoms with Crippen LogP contribution in [0.2, 0.25) is 0 Å². The van der Waals surface area contributed by atoms with Crippen molar-refractivity contribution in [2.45, 2.75) is 30.7 Å². The molecule has 1 saturated carbocycles. The molecule has 1 fully saturated rings. The predicted molar refractivity (Wildman–Crippen MR) is 75.6 cm³/mol. The molecule has 8 heteroatoms. The number of nitrogens with zero attached hydrogens (tertiary/aromatic N) is 3. The molecular formula is C12H22N4O3S. The summed E-state index contributed by atoms with van der Waals surface area (Å²) in [5.74, 6) is 0.470. The fourth-order valence-corrected chi connectivity index (χ4v) is 4.12. The lowest BCUT2D eigenvalue weighted by molar-refractivity contribution is 0.164. The summed E-state index contributed by atoms with van der Waals surface area (Å²) >= 11 is 0. The Morgan fingerprint density at radius 1 is 1.60 bits per heavy atom. The van der Waals surface area contributed by atoms with Crippen LogP contribution in [0.1, 0.15) is 19.8 Å². The Balaban J connectivity index is 2.32. The van der Waals surface area contributed by atoms with Crippen LogP contribution in [0, 0.1) is 5.92 Å². The van der Waals surface area contributed by atoms with Gasteiger partial charge in [0.05, 0.1) is 6.61 Å². The van der Waals surface area contributed by atoms with Crippen molar-refractivity contribution in [3.8, 4) is 0 Å². The quantitative estimate of drug-likeness (QED) is 0.789. The van der Waals surface area contributed by atoms with Gasteiger partial charge >= 0.3 is 0 Å². The number of aromatic nitrogens is 2. The zero-order valence-electron chi connectivity index (χ0n) is 12.1. The molecule has 1 aliphatic carbocycles. The number of aryl methyl sites for hydroxylation is 1. The molecule has 0 saturated heterocycles. The van der Waals surface area contributed by atoms with Crippen molar-refractivity contribution in [1.29, 1.82) is 0 Å². The highest BCUT2D eigenvalue weighted by molar-refractivity contribution is 7.89. The number of anilines is 1. The van der Waals surface area contributed by atoms with Crippen LogP contribution in [0.25, 0.3) is 0 Å². The van der Waals surface area contributed by atoms with Crippen LogP contribution in [-0.4, -0.2) is 48.8 Å². The lowest BCUT2D eigenvalue weighted by Crippen LogP contribution is -2.42. The normalized spacial score (nSPS) is 17.6. The molecule has 1 aliphatic rings. The van der Waals surface area contributed by atoms with E-state index >= 15 is 0 Å². The van der Waals surface area contributed by atoms with Gasteiger partial charge in [0, 0.05) is 32.9 Å². The van der Waals surface area contributed by atoms with E-state index in [-0.39, 0.29) is 16.8 Å². The van der Waals surface area contributed by atoms with Gasteiger partial charge in [0.2, 0.25) is 10.0 Å². The second-order valence-corrected chi connectivity index (χ2v) is 7.10. The standard InChI is InChI=1S/C12H22N4O3S/c1-9(10-4-5-10)16(6-7-19-3)20(17,18)11-8-15(2)14-12(11)13/h8-10H,4-7H2,1-3H3,(H2,13,14). The second-order valence-electron chi connectivity index (χ2n) is 5.24. The van der Waals surface area contributed by atoms with Crippen molar-refractivity contribution >= 4 is 15.8 Å². The molecule has 0 aromatic carbocycles. The minimum atomic E-state index is -3.64. The van der Waals surface area contributed by atoms with E-state index in [9.17, 15) is 8.42 Å². The lowest BCUT2D eigenvalue weighted by Gasteiger charge is -2.27. The Kier molecular flexibility index (Phi) is 4.36. The monoisotopic (exact) mass is 302 g/mol. The minimum Gasteiger partial charge on any atom is -0.383 e. The number of rotatable bonds is 7. The van der Waals surface area contributed by atoms with Crippen molar-refractivity contribution in [3.05, 3.63) is 6.20 Å². The van der Waals surface area contributed by atoms with E-state index in [1.165, 1.54) is 15.2 Å². The van der Waals surface area contributed by atoms with Gasteiger partial charge < -0.3 is 10.5 Å². The summed E-state index contributed by atoms with van der Waals surface area (Å²) in [6.07, 6.45) is 3.59. The zero-order valence-corrected chi connectivity index (χ0v) is 12.9. The van der Waals surface area contributed by atoms with Gasteiger partial charge in [-0.3, -0.25) is 4.68 Å². The third-order valence-corrected chi connectivity index (χ3v) is 5.69. The number of ether oxygens (including phenoxy) is 1. The third-order valence-electron chi connectivity index (χ3n) is 3.68. The summed E-state index contributed by atoms with van der Waals surface area (Å²) in [4.78, 5) is 0.0728. The first-order valence-corrected chi connectivity index (χ1v) is 8.11. The van der Waals surface area contributed by atoms with Crippen LogP contribution in [-0.2, 0) is 21.8 Å². The number of nitrogens with two attached hydrogens (primary N) is 1. The van der Waals surface area contributed by atoms with Crippen molar-refractivity contribution in [1.82, 2.24) is 14.1 Å². The Labute approximate surface area is 119 Å². The number of sulfonamides is 1. The molecule has 0 bridgehead atoms. The van der Waals surface area contributed by atoms with Gasteiger partial charge in [0.1, 0.15) is 4.90 Å². The van der Waals surface area contributed by atoms with Gasteiger partial charge in [0.15, 0.2) is 5.82 Å². The molecule has 1 unspecified atom stereocenters. The molecule has 0 spiro atoms. The van der Waals surface area contributed by atoms with E-state index in [0.717, 1.165) is 12.8 Å². The molecule has 0 aliphatic heterocycles. The van der Waals surface area contributed by atoms with Gasteiger partial charge in [-0.05, 0) is 25.7 Å². The van der Waals surface area contributed by atoms with E-state index in [1.54, 1.807) is 14.2 Å². The molecule has 2 rings (SSSR count). The number of hydrogen-bond donors (Lipinski definition) is 1. The SMILES string of the molecule is COCCN(C(C)C1CC1)S(=O)(=O)c1cn(C)nc1N. The topological polar surface area (TPSA) is 90.5 Å². The fraction of sp³-hybridized carbons (Fsp3) is 0.750. The van der Waals surface area contributed by atoms with Crippen LogP contribution in [0.15, 0.2) is 11.1 Å². The molecule has 20 heavy (non-hydrogen) atoms. The van der Waals surface area contributed by atoms with Crippen molar-refractivity contribution in [2.24, 2.45) is 13.0 Å². The maximum Gasteiger partial charge on any atom is 0.248 e. The Morgan fingerprint density at radius 2 is 2.25 bits per heavy atom. The fourth-order valence-electron chi connectivity index (χ4n) is 2.35. The first-order valence-electron chi connectivity index (χ1n) is 6.67. The summed E-state index contributed by atoms with van der Waals surface area (Å²) in [7, 11) is -0.430. The number of methoxy groups -OCH3 is 1. The molecular weight excluding hydrogens is 280 g/mol. The van der Waals surface area contributed by atoms with Crippen LogP contribution in [0.5, 0.6) is 0 Å². The molecule has 7 nitrogen and oxygen atoms in total. The summed E-state index contributed by atoms with van der Waals surface area (Å²) < 4.78 is 33.5. The van der Waals surface area contributed by atoms with Crippen molar-refractivity contribution in [3.63, 3.8) is 0 Å². The summed E-state index contributed by atoms with van der Waals surface area (Å²) in [5, 5.41) is 3.92. The van der Waals surface area contributed by atoms with E-state index in [2.05, 4.69) is 5.10 Å². The lowest BCUT2D eigenvalue weighted by atomic mass is 10.2. The second kappa shape index (κ2) is 5.71. The molecule has 0 radical (unpaired) electrons. The van der Waals surface area contributed by atoms with Gasteiger partial charge in [0.25, 0.3) is 0 Å². The molecule has 0 amide bonds. The van der Waals surface area contributed by atoms with E-state index in [0.29, 0.717) is 19.1 Å². The van der Waals surface area contributed by atoms with Crippen LogP contribution >= 0.6 is 0 Å². The van der Waals surface area contributed by atoms with E-state index in [1.807, 2.05) is 6.92 Å². The first-order chi connectivity index (χ1) is 9.37. The van der Waals surface area contributed by atoms with Crippen LogP contribution < -0.4 is 5.73 Å². The molecule has 1 aromatic heterocycles. The van der Waals surface area contributed by atoms with Gasteiger partial charge in [-0.25, -0.2) is 8.42 Å². The maximum atomic E-state index is 12.8. The van der Waals surface area contributed by atoms with Crippen molar-refractivity contribution < 1.29 is 13.2 Å². The molecule has 2 N–H and O–H groups in total. The Morgan fingerprint density at radius 3 is 2.70 bits per heavy atom. The van der Waals surface area contributed by atoms with Gasteiger partial charge in [-0.2, -0.15) is 9.40 Å². The Bertz CT molecular complexity index is 565. The average Bonchev–Trinajstić information content (AvgIpc) is 3.15. The zero-order chi connectivity index (χ0) is 14.9. The predicted octanol–water partition coefficient (Wildman–Crippen LogP) is 0.438. The van der Waals surface area contributed by atoms with Gasteiger partial charge in [-0.1, -0.05) is 0 Å². The van der Waals surface area contributed by atoms with E-state index < -0.39 is 10.0 Å². The highest BCUT2D eigenvalue weighted by Gasteiger charge is 2.39. The highest BCUT2D eigenvalue weighted by Crippen LogP contribution is 2.37.